The van der Waals surface area contributed by atoms with E-state index in [1.54, 1.807) is 54.5 Å². The third-order valence-corrected chi connectivity index (χ3v) is 3.99. The van der Waals surface area contributed by atoms with Crippen molar-refractivity contribution in [2.24, 2.45) is 4.99 Å². The molecular formula is C17H16FN3O2. The Morgan fingerprint density at radius 1 is 1.39 bits per heavy atom. The molecular weight excluding hydrogens is 297 g/mol. The van der Waals surface area contributed by atoms with Crippen molar-refractivity contribution in [3.8, 4) is 0 Å². The first-order valence-corrected chi connectivity index (χ1v) is 7.28. The summed E-state index contributed by atoms with van der Waals surface area (Å²) in [6.07, 6.45) is 6.90. The van der Waals surface area contributed by atoms with Crippen LogP contribution in [0.3, 0.4) is 0 Å². The molecule has 2 amide bonds. The van der Waals surface area contributed by atoms with Gasteiger partial charge in [0.1, 0.15) is 17.2 Å². The highest BCUT2D eigenvalue weighted by atomic mass is 19.1. The van der Waals surface area contributed by atoms with Crippen LogP contribution in [0.15, 0.2) is 53.7 Å². The zero-order chi connectivity index (χ0) is 16.4. The van der Waals surface area contributed by atoms with Gasteiger partial charge >= 0.3 is 0 Å². The van der Waals surface area contributed by atoms with E-state index in [9.17, 15) is 14.0 Å². The number of nitrogens with one attached hydrogen (secondary N) is 1. The Bertz CT molecular complexity index is 754. The molecule has 0 bridgehead atoms. The van der Waals surface area contributed by atoms with Gasteiger partial charge in [0.05, 0.1) is 6.42 Å². The van der Waals surface area contributed by atoms with Crippen LogP contribution in [0.5, 0.6) is 0 Å². The van der Waals surface area contributed by atoms with Gasteiger partial charge in [0.25, 0.3) is 5.91 Å². The Balaban J connectivity index is 1.79. The van der Waals surface area contributed by atoms with Gasteiger partial charge in [0, 0.05) is 18.3 Å². The number of nitrogens with zero attached hydrogens (tertiary/aromatic N) is 2. The van der Waals surface area contributed by atoms with Gasteiger partial charge in [-0.3, -0.25) is 9.59 Å². The van der Waals surface area contributed by atoms with E-state index in [4.69, 9.17) is 0 Å². The number of halogens is 1. The van der Waals surface area contributed by atoms with Crippen LogP contribution in [0.25, 0.3) is 0 Å². The van der Waals surface area contributed by atoms with E-state index in [-0.39, 0.29) is 30.6 Å². The van der Waals surface area contributed by atoms with Gasteiger partial charge < -0.3 is 10.2 Å². The normalized spacial score (nSPS) is 22.6. The van der Waals surface area contributed by atoms with Crippen molar-refractivity contribution in [1.82, 2.24) is 10.2 Å². The summed E-state index contributed by atoms with van der Waals surface area (Å²) in [6, 6.07) is 6.26. The van der Waals surface area contributed by atoms with Gasteiger partial charge in [0.2, 0.25) is 5.91 Å². The molecule has 0 fully saturated rings. The van der Waals surface area contributed by atoms with Crippen LogP contribution in [0.1, 0.15) is 18.9 Å². The van der Waals surface area contributed by atoms with E-state index in [1.165, 1.54) is 6.07 Å². The van der Waals surface area contributed by atoms with E-state index in [2.05, 4.69) is 10.3 Å². The SMILES string of the molecule is CC1(C(=O)NCc2ccccc2F)CC(=O)N=C2C=CC=CN21. The topological polar surface area (TPSA) is 61.8 Å². The maximum Gasteiger partial charge on any atom is 0.250 e. The predicted octanol–water partition coefficient (Wildman–Crippen LogP) is 1.91. The van der Waals surface area contributed by atoms with Crippen molar-refractivity contribution in [3.05, 3.63) is 60.1 Å². The third-order valence-electron chi connectivity index (χ3n) is 3.99. The second-order valence-corrected chi connectivity index (χ2v) is 5.66. The fourth-order valence-corrected chi connectivity index (χ4v) is 2.69. The summed E-state index contributed by atoms with van der Waals surface area (Å²) in [5.74, 6) is -0.630. The number of allylic oxidation sites excluding steroid dienone is 2. The zero-order valence-corrected chi connectivity index (χ0v) is 12.6. The Labute approximate surface area is 133 Å². The number of hydrogen-bond acceptors (Lipinski definition) is 3. The smallest absolute Gasteiger partial charge is 0.250 e. The highest BCUT2D eigenvalue weighted by Crippen LogP contribution is 2.28. The van der Waals surface area contributed by atoms with Crippen molar-refractivity contribution >= 4 is 17.6 Å². The molecule has 0 saturated carbocycles. The van der Waals surface area contributed by atoms with Crippen LogP contribution in [-0.2, 0) is 16.1 Å². The van der Waals surface area contributed by atoms with Crippen molar-refractivity contribution in [2.75, 3.05) is 0 Å². The molecule has 3 rings (SSSR count). The monoisotopic (exact) mass is 313 g/mol. The second-order valence-electron chi connectivity index (χ2n) is 5.66. The Kier molecular flexibility index (Phi) is 3.82. The third kappa shape index (κ3) is 2.79. The fourth-order valence-electron chi connectivity index (χ4n) is 2.69. The van der Waals surface area contributed by atoms with Crippen LogP contribution in [0.4, 0.5) is 4.39 Å². The highest BCUT2D eigenvalue weighted by Gasteiger charge is 2.44. The van der Waals surface area contributed by atoms with Gasteiger partial charge in [-0.1, -0.05) is 24.3 Å². The van der Waals surface area contributed by atoms with E-state index in [1.807, 2.05) is 0 Å². The number of hydrogen-bond donors (Lipinski definition) is 1. The summed E-state index contributed by atoms with van der Waals surface area (Å²) in [5.41, 5.74) is -0.685. The molecule has 5 nitrogen and oxygen atoms in total. The number of carbonyl (C=O) groups is 2. The number of amidine groups is 1. The lowest BCUT2D eigenvalue weighted by atomic mass is 9.91. The summed E-state index contributed by atoms with van der Waals surface area (Å²) in [5, 5.41) is 2.72. The molecule has 2 aliphatic rings. The van der Waals surface area contributed by atoms with Gasteiger partial charge in [-0.05, 0) is 25.1 Å². The van der Waals surface area contributed by atoms with E-state index < -0.39 is 5.54 Å². The van der Waals surface area contributed by atoms with E-state index in [0.29, 0.717) is 11.4 Å². The van der Waals surface area contributed by atoms with Crippen molar-refractivity contribution < 1.29 is 14.0 Å². The number of benzene rings is 1. The summed E-state index contributed by atoms with van der Waals surface area (Å²) in [4.78, 5) is 30.1. The quantitative estimate of drug-likeness (QED) is 0.927. The van der Waals surface area contributed by atoms with Crippen LogP contribution in [0, 0.1) is 5.82 Å². The molecule has 1 unspecified atom stereocenters. The molecule has 0 aromatic heterocycles. The van der Waals surface area contributed by atoms with Crippen LogP contribution in [0.2, 0.25) is 0 Å². The maximum atomic E-state index is 13.7. The predicted molar refractivity (Wildman–Crippen MR) is 83.8 cm³/mol. The second kappa shape index (κ2) is 5.79. The average molecular weight is 313 g/mol. The first-order valence-electron chi connectivity index (χ1n) is 7.28. The summed E-state index contributed by atoms with van der Waals surface area (Å²) >= 11 is 0. The summed E-state index contributed by atoms with van der Waals surface area (Å²) in [7, 11) is 0. The van der Waals surface area contributed by atoms with Crippen molar-refractivity contribution in [1.29, 1.82) is 0 Å². The zero-order valence-electron chi connectivity index (χ0n) is 12.6. The molecule has 0 spiro atoms. The lowest BCUT2D eigenvalue weighted by Crippen LogP contribution is -2.59. The van der Waals surface area contributed by atoms with Gasteiger partial charge in [0.15, 0.2) is 0 Å². The van der Waals surface area contributed by atoms with E-state index in [0.717, 1.165) is 0 Å². The van der Waals surface area contributed by atoms with Crippen molar-refractivity contribution in [3.63, 3.8) is 0 Å². The number of aliphatic imine (C=N–C) groups is 1. The summed E-state index contributed by atoms with van der Waals surface area (Å²) < 4.78 is 13.7. The molecule has 1 aromatic rings. The highest BCUT2D eigenvalue weighted by molar-refractivity contribution is 6.09. The fraction of sp³-hybridized carbons (Fsp3) is 0.235. The van der Waals surface area contributed by atoms with Crippen molar-refractivity contribution in [2.45, 2.75) is 25.4 Å². The molecule has 6 heteroatoms. The summed E-state index contributed by atoms with van der Waals surface area (Å²) in [6.45, 7) is 1.74. The van der Waals surface area contributed by atoms with Crippen LogP contribution in [-0.4, -0.2) is 28.1 Å². The van der Waals surface area contributed by atoms with Crippen LogP contribution >= 0.6 is 0 Å². The lowest BCUT2D eigenvalue weighted by Gasteiger charge is -2.41. The maximum absolute atomic E-state index is 13.7. The molecule has 1 aromatic carbocycles. The molecule has 0 saturated heterocycles. The number of rotatable bonds is 3. The molecule has 1 atom stereocenters. The van der Waals surface area contributed by atoms with Gasteiger partial charge in [-0.15, -0.1) is 0 Å². The van der Waals surface area contributed by atoms with Gasteiger partial charge in [-0.2, -0.15) is 4.99 Å². The average Bonchev–Trinajstić information content (AvgIpc) is 2.53. The molecule has 0 aliphatic carbocycles. The van der Waals surface area contributed by atoms with E-state index >= 15 is 0 Å². The minimum absolute atomic E-state index is 0.0300. The minimum Gasteiger partial charge on any atom is -0.350 e. The molecule has 23 heavy (non-hydrogen) atoms. The first kappa shape index (κ1) is 15.1. The largest absolute Gasteiger partial charge is 0.350 e. The Hall–Kier alpha value is -2.76. The Morgan fingerprint density at radius 3 is 2.96 bits per heavy atom. The number of fused-ring (bicyclic) bond motifs is 1. The first-order chi connectivity index (χ1) is 11.0. The molecule has 2 heterocycles. The van der Waals surface area contributed by atoms with Gasteiger partial charge in [-0.25, -0.2) is 4.39 Å². The number of amides is 2. The molecule has 0 radical (unpaired) electrons. The standard InChI is InChI=1S/C17H16FN3O2/c1-17(10-15(22)20-14-8-4-5-9-21(14)17)16(23)19-11-12-6-2-3-7-13(12)18/h2-9H,10-11H2,1H3,(H,19,23). The van der Waals surface area contributed by atoms with Crippen LogP contribution < -0.4 is 5.32 Å². The Morgan fingerprint density at radius 2 is 2.17 bits per heavy atom. The number of carbonyl (C=O) groups excluding carboxylic acids is 2. The molecule has 2 aliphatic heterocycles. The lowest BCUT2D eigenvalue weighted by molar-refractivity contribution is -0.134. The molecule has 1 N–H and O–H groups in total. The minimum atomic E-state index is -1.08. The molecule has 118 valence electrons.